The van der Waals surface area contributed by atoms with E-state index in [1.54, 1.807) is 18.5 Å². The number of halogens is 1. The molecule has 2 aromatic heterocycles. The highest BCUT2D eigenvalue weighted by molar-refractivity contribution is 5.87. The Morgan fingerprint density at radius 1 is 1.03 bits per heavy atom. The number of fused-ring (bicyclic) bond motifs is 1. The molecule has 0 saturated carbocycles. The molecule has 6 nitrogen and oxygen atoms in total. The van der Waals surface area contributed by atoms with Gasteiger partial charge < -0.3 is 19.9 Å². The number of hydrogen-bond acceptors (Lipinski definition) is 5. The van der Waals surface area contributed by atoms with Gasteiger partial charge in [-0.25, -0.2) is 14.4 Å². The largest absolute Gasteiger partial charge is 0.457 e. The van der Waals surface area contributed by atoms with E-state index in [1.165, 1.54) is 12.1 Å². The third kappa shape index (κ3) is 4.45. The smallest absolute Gasteiger partial charge is 0.142 e. The third-order valence-electron chi connectivity index (χ3n) is 5.73. The number of anilines is 2. The van der Waals surface area contributed by atoms with Crippen molar-refractivity contribution in [2.24, 2.45) is 5.92 Å². The predicted molar refractivity (Wildman–Crippen MR) is 120 cm³/mol. The minimum atomic E-state index is -0.272. The van der Waals surface area contributed by atoms with Gasteiger partial charge in [0.1, 0.15) is 35.1 Å². The Balaban J connectivity index is 1.15. The second kappa shape index (κ2) is 8.63. The topological polar surface area (TPSA) is 66.1 Å². The fourth-order valence-electron chi connectivity index (χ4n) is 4.03. The fraction of sp³-hybridized carbons (Fsp3) is 0.250. The lowest BCUT2D eigenvalue weighted by atomic mass is 9.96. The van der Waals surface area contributed by atoms with Gasteiger partial charge >= 0.3 is 0 Å². The van der Waals surface area contributed by atoms with Gasteiger partial charge in [0, 0.05) is 37.6 Å². The molecular weight excluding hydrogens is 393 g/mol. The predicted octanol–water partition coefficient (Wildman–Crippen LogP) is 5.22. The van der Waals surface area contributed by atoms with Crippen LogP contribution < -0.4 is 15.0 Å². The van der Waals surface area contributed by atoms with Crippen molar-refractivity contribution in [2.45, 2.75) is 12.8 Å². The molecule has 0 unspecified atom stereocenters. The maximum atomic E-state index is 13.1. The van der Waals surface area contributed by atoms with Gasteiger partial charge in [0.25, 0.3) is 0 Å². The van der Waals surface area contributed by atoms with Crippen LogP contribution in [0.25, 0.3) is 11.0 Å². The van der Waals surface area contributed by atoms with Gasteiger partial charge in [0.15, 0.2) is 0 Å². The molecule has 158 valence electrons. The monoisotopic (exact) mass is 417 g/mol. The number of aromatic amines is 1. The van der Waals surface area contributed by atoms with Gasteiger partial charge in [0.05, 0.1) is 5.39 Å². The van der Waals surface area contributed by atoms with E-state index in [0.29, 0.717) is 11.7 Å². The number of rotatable bonds is 6. The maximum Gasteiger partial charge on any atom is 0.142 e. The number of H-pyrrole nitrogens is 1. The molecule has 1 aliphatic heterocycles. The molecule has 4 aromatic rings. The van der Waals surface area contributed by atoms with Crippen molar-refractivity contribution in [1.82, 2.24) is 15.0 Å². The summed E-state index contributed by atoms with van der Waals surface area (Å²) in [6.45, 7) is 2.88. The van der Waals surface area contributed by atoms with E-state index in [0.717, 1.165) is 60.8 Å². The van der Waals surface area contributed by atoms with Crippen molar-refractivity contribution in [3.05, 3.63) is 72.9 Å². The van der Waals surface area contributed by atoms with E-state index in [-0.39, 0.29) is 5.82 Å². The SMILES string of the molecule is Fc1ccc(Oc2cccc(NCC3CCN(c4ncnc5[nH]ccc45)CC3)c2)cc1. The first-order valence-corrected chi connectivity index (χ1v) is 10.5. The quantitative estimate of drug-likeness (QED) is 0.450. The minimum Gasteiger partial charge on any atom is -0.457 e. The number of ether oxygens (including phenoxy) is 1. The molecule has 0 radical (unpaired) electrons. The Bertz CT molecular complexity index is 1150. The first-order chi connectivity index (χ1) is 15.2. The minimum absolute atomic E-state index is 0.272. The standard InChI is InChI=1S/C24H24FN5O/c25-18-4-6-20(7-5-18)31-21-3-1-2-19(14-21)27-15-17-9-12-30(13-10-17)24-22-8-11-26-23(22)28-16-29-24/h1-8,11,14,16-17,27H,9-10,12-13,15H2,(H,26,28,29). The molecule has 31 heavy (non-hydrogen) atoms. The maximum absolute atomic E-state index is 13.1. The lowest BCUT2D eigenvalue weighted by Gasteiger charge is -2.33. The Kier molecular flexibility index (Phi) is 5.39. The van der Waals surface area contributed by atoms with E-state index in [2.05, 4.69) is 25.2 Å². The number of benzene rings is 2. The Hall–Kier alpha value is -3.61. The van der Waals surface area contributed by atoms with Crippen molar-refractivity contribution in [1.29, 1.82) is 0 Å². The average Bonchev–Trinajstić information content (AvgIpc) is 3.29. The van der Waals surface area contributed by atoms with Crippen LogP contribution in [-0.4, -0.2) is 34.6 Å². The van der Waals surface area contributed by atoms with Crippen LogP contribution in [0.5, 0.6) is 11.5 Å². The van der Waals surface area contributed by atoms with E-state index in [1.807, 2.05) is 36.5 Å². The summed E-state index contributed by atoms with van der Waals surface area (Å²) in [5, 5.41) is 4.62. The molecule has 0 atom stereocenters. The van der Waals surface area contributed by atoms with Crippen LogP contribution in [0.15, 0.2) is 67.1 Å². The number of nitrogens with one attached hydrogen (secondary N) is 2. The summed E-state index contributed by atoms with van der Waals surface area (Å²) in [7, 11) is 0. The average molecular weight is 417 g/mol. The summed E-state index contributed by atoms with van der Waals surface area (Å²) in [6, 6.07) is 16.0. The lowest BCUT2D eigenvalue weighted by molar-refractivity contribution is 0.422. The van der Waals surface area contributed by atoms with Gasteiger partial charge in [-0.2, -0.15) is 0 Å². The van der Waals surface area contributed by atoms with Crippen LogP contribution >= 0.6 is 0 Å². The van der Waals surface area contributed by atoms with Crippen LogP contribution in [0.2, 0.25) is 0 Å². The normalized spacial score (nSPS) is 14.7. The van der Waals surface area contributed by atoms with E-state index < -0.39 is 0 Å². The third-order valence-corrected chi connectivity index (χ3v) is 5.73. The van der Waals surface area contributed by atoms with Crippen molar-refractivity contribution >= 4 is 22.5 Å². The van der Waals surface area contributed by atoms with Crippen molar-refractivity contribution in [3.63, 3.8) is 0 Å². The second-order valence-electron chi connectivity index (χ2n) is 7.83. The highest BCUT2D eigenvalue weighted by Crippen LogP contribution is 2.28. The Morgan fingerprint density at radius 3 is 2.71 bits per heavy atom. The number of nitrogens with zero attached hydrogens (tertiary/aromatic N) is 3. The zero-order valence-electron chi connectivity index (χ0n) is 17.1. The van der Waals surface area contributed by atoms with Gasteiger partial charge in [-0.15, -0.1) is 0 Å². The highest BCUT2D eigenvalue weighted by atomic mass is 19.1. The van der Waals surface area contributed by atoms with Gasteiger partial charge in [-0.05, 0) is 61.2 Å². The first kappa shape index (κ1) is 19.4. The van der Waals surface area contributed by atoms with Crippen molar-refractivity contribution in [2.75, 3.05) is 29.9 Å². The lowest BCUT2D eigenvalue weighted by Crippen LogP contribution is -2.36. The molecule has 0 spiro atoms. The molecule has 0 aliphatic carbocycles. The van der Waals surface area contributed by atoms with Crippen molar-refractivity contribution < 1.29 is 9.13 Å². The fourth-order valence-corrected chi connectivity index (χ4v) is 4.03. The molecular formula is C24H24FN5O. The van der Waals surface area contributed by atoms with Crippen molar-refractivity contribution in [3.8, 4) is 11.5 Å². The van der Waals surface area contributed by atoms with E-state index in [4.69, 9.17) is 4.74 Å². The van der Waals surface area contributed by atoms with Gasteiger partial charge in [0.2, 0.25) is 0 Å². The molecule has 1 fully saturated rings. The van der Waals surface area contributed by atoms with Crippen LogP contribution in [-0.2, 0) is 0 Å². The van der Waals surface area contributed by atoms with E-state index in [9.17, 15) is 4.39 Å². The summed E-state index contributed by atoms with van der Waals surface area (Å²) in [6.07, 6.45) is 5.75. The molecule has 0 amide bonds. The zero-order valence-corrected chi connectivity index (χ0v) is 17.1. The first-order valence-electron chi connectivity index (χ1n) is 10.5. The molecule has 5 rings (SSSR count). The van der Waals surface area contributed by atoms with Crippen LogP contribution in [0, 0.1) is 11.7 Å². The highest BCUT2D eigenvalue weighted by Gasteiger charge is 2.21. The number of aromatic nitrogens is 3. The van der Waals surface area contributed by atoms with Gasteiger partial charge in [-0.1, -0.05) is 6.07 Å². The number of hydrogen-bond donors (Lipinski definition) is 2. The Morgan fingerprint density at radius 2 is 1.87 bits per heavy atom. The molecule has 7 heteroatoms. The summed E-state index contributed by atoms with van der Waals surface area (Å²) in [5.41, 5.74) is 1.91. The molecule has 1 saturated heterocycles. The van der Waals surface area contributed by atoms with Crippen LogP contribution in [0.4, 0.5) is 15.9 Å². The Labute approximate surface area is 180 Å². The van der Waals surface area contributed by atoms with Crippen LogP contribution in [0.3, 0.4) is 0 Å². The summed E-state index contributed by atoms with van der Waals surface area (Å²) in [5.74, 6) is 2.69. The summed E-state index contributed by atoms with van der Waals surface area (Å²) >= 11 is 0. The second-order valence-corrected chi connectivity index (χ2v) is 7.83. The zero-order chi connectivity index (χ0) is 21.0. The number of piperidine rings is 1. The molecule has 2 N–H and O–H groups in total. The summed E-state index contributed by atoms with van der Waals surface area (Å²) in [4.78, 5) is 14.3. The summed E-state index contributed by atoms with van der Waals surface area (Å²) < 4.78 is 18.9. The molecule has 1 aliphatic rings. The van der Waals surface area contributed by atoms with Gasteiger partial charge in [-0.3, -0.25) is 0 Å². The molecule has 0 bridgehead atoms. The molecule has 3 heterocycles. The van der Waals surface area contributed by atoms with Crippen LogP contribution in [0.1, 0.15) is 12.8 Å². The molecule has 2 aromatic carbocycles. The van der Waals surface area contributed by atoms with E-state index >= 15 is 0 Å².